The van der Waals surface area contributed by atoms with E-state index in [2.05, 4.69) is 5.32 Å². The van der Waals surface area contributed by atoms with Gasteiger partial charge in [0.1, 0.15) is 17.9 Å². The van der Waals surface area contributed by atoms with E-state index in [0.717, 1.165) is 29.7 Å². The lowest BCUT2D eigenvalue weighted by Crippen LogP contribution is -2.59. The van der Waals surface area contributed by atoms with Crippen LogP contribution in [0.4, 0.5) is 0 Å². The SMILES string of the molecule is CNC(COc1cc(C)ccc1C)(C(N)=O)C1CC1. The number of amides is 1. The number of ether oxygens (including phenoxy) is 1. The van der Waals surface area contributed by atoms with Crippen LogP contribution in [-0.4, -0.2) is 25.1 Å². The van der Waals surface area contributed by atoms with Gasteiger partial charge in [0, 0.05) is 0 Å². The minimum Gasteiger partial charge on any atom is -0.491 e. The third-order valence-corrected chi connectivity index (χ3v) is 3.96. The zero-order valence-electron chi connectivity index (χ0n) is 11.8. The molecule has 0 spiro atoms. The van der Waals surface area contributed by atoms with E-state index in [1.807, 2.05) is 32.0 Å². The lowest BCUT2D eigenvalue weighted by atomic mass is 9.93. The minimum absolute atomic E-state index is 0.286. The fourth-order valence-electron chi connectivity index (χ4n) is 2.42. The van der Waals surface area contributed by atoms with Crippen LogP contribution in [0.15, 0.2) is 18.2 Å². The summed E-state index contributed by atoms with van der Waals surface area (Å²) in [5.74, 6) is 0.782. The summed E-state index contributed by atoms with van der Waals surface area (Å²) < 4.78 is 5.87. The number of nitrogens with one attached hydrogen (secondary N) is 1. The molecule has 0 aliphatic heterocycles. The number of carbonyl (C=O) groups is 1. The quantitative estimate of drug-likeness (QED) is 0.817. The van der Waals surface area contributed by atoms with Gasteiger partial charge in [-0.05, 0) is 56.8 Å². The lowest BCUT2D eigenvalue weighted by Gasteiger charge is -2.30. The summed E-state index contributed by atoms with van der Waals surface area (Å²) in [4.78, 5) is 11.8. The van der Waals surface area contributed by atoms with Crippen LogP contribution >= 0.6 is 0 Å². The molecule has 3 N–H and O–H groups in total. The maximum Gasteiger partial charge on any atom is 0.241 e. The Hall–Kier alpha value is -1.55. The normalized spacial score (nSPS) is 17.8. The Morgan fingerprint density at radius 2 is 2.16 bits per heavy atom. The molecule has 1 aliphatic rings. The number of benzene rings is 1. The summed E-state index contributed by atoms with van der Waals surface area (Å²) in [6, 6.07) is 6.05. The van der Waals surface area contributed by atoms with E-state index >= 15 is 0 Å². The molecule has 4 heteroatoms. The minimum atomic E-state index is -0.740. The molecule has 1 amide bonds. The van der Waals surface area contributed by atoms with E-state index < -0.39 is 5.54 Å². The van der Waals surface area contributed by atoms with Crippen LogP contribution < -0.4 is 15.8 Å². The molecule has 2 rings (SSSR count). The predicted molar refractivity (Wildman–Crippen MR) is 75.1 cm³/mol. The zero-order chi connectivity index (χ0) is 14.0. The number of aryl methyl sites for hydroxylation is 2. The number of carbonyl (C=O) groups excluding carboxylic acids is 1. The van der Waals surface area contributed by atoms with Crippen molar-refractivity contribution in [2.24, 2.45) is 11.7 Å². The number of nitrogens with two attached hydrogens (primary N) is 1. The van der Waals surface area contributed by atoms with Crippen molar-refractivity contribution in [1.29, 1.82) is 0 Å². The molecule has 19 heavy (non-hydrogen) atoms. The van der Waals surface area contributed by atoms with Gasteiger partial charge in [-0.25, -0.2) is 0 Å². The van der Waals surface area contributed by atoms with E-state index in [1.165, 1.54) is 0 Å². The largest absolute Gasteiger partial charge is 0.491 e. The molecule has 104 valence electrons. The van der Waals surface area contributed by atoms with Gasteiger partial charge in [0.05, 0.1) is 0 Å². The molecule has 4 nitrogen and oxygen atoms in total. The van der Waals surface area contributed by atoms with Gasteiger partial charge in [0.2, 0.25) is 5.91 Å². The summed E-state index contributed by atoms with van der Waals surface area (Å²) in [5, 5.41) is 3.08. The topological polar surface area (TPSA) is 64.3 Å². The van der Waals surface area contributed by atoms with E-state index in [0.29, 0.717) is 5.92 Å². The first-order valence-electron chi connectivity index (χ1n) is 6.68. The number of rotatable bonds is 6. The molecule has 0 saturated heterocycles. The third-order valence-electron chi connectivity index (χ3n) is 3.96. The second kappa shape index (κ2) is 5.21. The first kappa shape index (κ1) is 13.9. The maximum atomic E-state index is 11.8. The van der Waals surface area contributed by atoms with Gasteiger partial charge in [0.15, 0.2) is 0 Å². The van der Waals surface area contributed by atoms with Crippen molar-refractivity contribution in [2.45, 2.75) is 32.2 Å². The fraction of sp³-hybridized carbons (Fsp3) is 0.533. The van der Waals surface area contributed by atoms with Crippen molar-refractivity contribution in [2.75, 3.05) is 13.7 Å². The van der Waals surface area contributed by atoms with E-state index in [1.54, 1.807) is 7.05 Å². The van der Waals surface area contributed by atoms with Gasteiger partial charge >= 0.3 is 0 Å². The summed E-state index contributed by atoms with van der Waals surface area (Å²) in [5.41, 5.74) is 7.04. The summed E-state index contributed by atoms with van der Waals surface area (Å²) in [7, 11) is 1.77. The van der Waals surface area contributed by atoms with Gasteiger partial charge in [0.25, 0.3) is 0 Å². The Kier molecular flexibility index (Phi) is 3.80. The Bertz CT molecular complexity index is 483. The molecule has 1 aliphatic carbocycles. The van der Waals surface area contributed by atoms with Crippen LogP contribution in [0.25, 0.3) is 0 Å². The summed E-state index contributed by atoms with van der Waals surface area (Å²) in [6.45, 7) is 4.30. The van der Waals surface area contributed by atoms with Crippen molar-refractivity contribution in [3.05, 3.63) is 29.3 Å². The highest BCUT2D eigenvalue weighted by atomic mass is 16.5. The molecule has 0 heterocycles. The highest BCUT2D eigenvalue weighted by molar-refractivity contribution is 5.85. The molecule has 1 fully saturated rings. The Morgan fingerprint density at radius 1 is 1.47 bits per heavy atom. The van der Waals surface area contributed by atoms with Crippen LogP contribution in [0, 0.1) is 19.8 Å². The van der Waals surface area contributed by atoms with Gasteiger partial charge in [-0.3, -0.25) is 4.79 Å². The monoisotopic (exact) mass is 262 g/mol. The standard InChI is InChI=1S/C15H22N2O2/c1-10-4-5-11(2)13(8-10)19-9-15(17-3,14(16)18)12-6-7-12/h4-5,8,12,17H,6-7,9H2,1-3H3,(H2,16,18). The number of hydrogen-bond acceptors (Lipinski definition) is 3. The molecule has 1 aromatic carbocycles. The molecule has 1 aromatic rings. The maximum absolute atomic E-state index is 11.8. The molecule has 1 atom stereocenters. The Balaban J connectivity index is 2.15. The Labute approximate surface area is 114 Å². The first-order chi connectivity index (χ1) is 8.99. The van der Waals surface area contributed by atoms with Gasteiger partial charge in [-0.1, -0.05) is 12.1 Å². The van der Waals surface area contributed by atoms with Crippen LogP contribution in [0.5, 0.6) is 5.75 Å². The van der Waals surface area contributed by atoms with E-state index in [4.69, 9.17) is 10.5 Å². The third kappa shape index (κ3) is 2.73. The summed E-state index contributed by atoms with van der Waals surface area (Å²) in [6.07, 6.45) is 2.06. The van der Waals surface area contributed by atoms with Crippen LogP contribution in [0.3, 0.4) is 0 Å². The second-order valence-electron chi connectivity index (χ2n) is 5.42. The lowest BCUT2D eigenvalue weighted by molar-refractivity contribution is -0.126. The highest BCUT2D eigenvalue weighted by Gasteiger charge is 2.49. The number of likely N-dealkylation sites (N-methyl/N-ethyl adjacent to an activating group) is 1. The molecule has 0 radical (unpaired) electrons. The molecular weight excluding hydrogens is 240 g/mol. The molecule has 1 saturated carbocycles. The van der Waals surface area contributed by atoms with Crippen molar-refractivity contribution in [1.82, 2.24) is 5.32 Å². The van der Waals surface area contributed by atoms with E-state index in [-0.39, 0.29) is 12.5 Å². The zero-order valence-corrected chi connectivity index (χ0v) is 11.8. The second-order valence-corrected chi connectivity index (χ2v) is 5.42. The molecule has 1 unspecified atom stereocenters. The highest BCUT2D eigenvalue weighted by Crippen LogP contribution is 2.40. The van der Waals surface area contributed by atoms with Gasteiger partial charge in [-0.2, -0.15) is 0 Å². The predicted octanol–water partition coefficient (Wildman–Crippen LogP) is 1.54. The Morgan fingerprint density at radius 3 is 2.68 bits per heavy atom. The van der Waals surface area contributed by atoms with Crippen molar-refractivity contribution in [3.63, 3.8) is 0 Å². The molecule has 0 bridgehead atoms. The van der Waals surface area contributed by atoms with Crippen LogP contribution in [-0.2, 0) is 4.79 Å². The number of primary amides is 1. The van der Waals surface area contributed by atoms with E-state index in [9.17, 15) is 4.79 Å². The smallest absolute Gasteiger partial charge is 0.241 e. The van der Waals surface area contributed by atoms with Crippen molar-refractivity contribution in [3.8, 4) is 5.75 Å². The number of hydrogen-bond donors (Lipinski definition) is 2. The first-order valence-corrected chi connectivity index (χ1v) is 6.68. The molecule has 0 aromatic heterocycles. The van der Waals surface area contributed by atoms with Gasteiger partial charge in [-0.15, -0.1) is 0 Å². The fourth-order valence-corrected chi connectivity index (χ4v) is 2.42. The average molecular weight is 262 g/mol. The van der Waals surface area contributed by atoms with Gasteiger partial charge < -0.3 is 15.8 Å². The molecular formula is C15H22N2O2. The summed E-state index contributed by atoms with van der Waals surface area (Å²) >= 11 is 0. The van der Waals surface area contributed by atoms with Crippen LogP contribution in [0.1, 0.15) is 24.0 Å². The van der Waals surface area contributed by atoms with Crippen molar-refractivity contribution >= 4 is 5.91 Å². The van der Waals surface area contributed by atoms with Crippen LogP contribution in [0.2, 0.25) is 0 Å². The average Bonchev–Trinajstić information content (AvgIpc) is 3.19. The van der Waals surface area contributed by atoms with Crippen molar-refractivity contribution < 1.29 is 9.53 Å².